The van der Waals surface area contributed by atoms with Gasteiger partial charge in [-0.2, -0.15) is 5.26 Å². The van der Waals surface area contributed by atoms with Crippen molar-refractivity contribution in [3.63, 3.8) is 0 Å². The maximum absolute atomic E-state index is 8.91. The molecular formula is C18H17NOS2. The Balaban J connectivity index is 1.60. The molecule has 0 aromatic heterocycles. The Hall–Kier alpha value is -1.57. The van der Waals surface area contributed by atoms with E-state index in [1.54, 1.807) is 6.07 Å². The fourth-order valence-electron chi connectivity index (χ4n) is 2.30. The van der Waals surface area contributed by atoms with E-state index < -0.39 is 0 Å². The molecule has 4 heteroatoms. The summed E-state index contributed by atoms with van der Waals surface area (Å²) in [5.74, 6) is 3.38. The van der Waals surface area contributed by atoms with Crippen molar-refractivity contribution < 1.29 is 4.74 Å². The van der Waals surface area contributed by atoms with E-state index in [1.807, 2.05) is 53.9 Å². The Kier molecular flexibility index (Phi) is 5.31. The highest BCUT2D eigenvalue weighted by atomic mass is 32.2. The van der Waals surface area contributed by atoms with Gasteiger partial charge < -0.3 is 4.74 Å². The van der Waals surface area contributed by atoms with Crippen LogP contribution in [0.15, 0.2) is 48.5 Å². The molecule has 2 aromatic rings. The highest BCUT2D eigenvalue weighted by Crippen LogP contribution is 2.43. The molecule has 0 bridgehead atoms. The Morgan fingerprint density at radius 3 is 2.59 bits per heavy atom. The molecule has 3 rings (SSSR count). The number of ether oxygens (including phenoxy) is 1. The van der Waals surface area contributed by atoms with Gasteiger partial charge in [-0.3, -0.25) is 0 Å². The molecule has 22 heavy (non-hydrogen) atoms. The average molecular weight is 327 g/mol. The van der Waals surface area contributed by atoms with Gasteiger partial charge in [0.15, 0.2) is 0 Å². The number of hydrogen-bond acceptors (Lipinski definition) is 4. The van der Waals surface area contributed by atoms with Crippen molar-refractivity contribution in [3.8, 4) is 11.8 Å². The van der Waals surface area contributed by atoms with Gasteiger partial charge in [0.2, 0.25) is 0 Å². The summed E-state index contributed by atoms with van der Waals surface area (Å²) in [6, 6.07) is 18.1. The van der Waals surface area contributed by atoms with Crippen LogP contribution in [0.4, 0.5) is 0 Å². The molecular weight excluding hydrogens is 310 g/mol. The molecule has 1 heterocycles. The number of benzene rings is 2. The van der Waals surface area contributed by atoms with Crippen molar-refractivity contribution in [2.45, 2.75) is 17.6 Å². The molecule has 1 aliphatic rings. The molecule has 0 radical (unpaired) electrons. The van der Waals surface area contributed by atoms with Crippen LogP contribution in [-0.4, -0.2) is 11.5 Å². The predicted molar refractivity (Wildman–Crippen MR) is 94.2 cm³/mol. The van der Waals surface area contributed by atoms with Crippen molar-refractivity contribution in [2.24, 2.45) is 0 Å². The van der Waals surface area contributed by atoms with Gasteiger partial charge in [0, 0.05) is 0 Å². The minimum absolute atomic E-state index is 0.488. The zero-order valence-corrected chi connectivity index (χ0v) is 13.8. The van der Waals surface area contributed by atoms with Crippen molar-refractivity contribution in [1.82, 2.24) is 0 Å². The van der Waals surface area contributed by atoms with Crippen LogP contribution in [0, 0.1) is 11.3 Å². The minimum Gasteiger partial charge on any atom is -0.489 e. The van der Waals surface area contributed by atoms with Gasteiger partial charge in [-0.25, -0.2) is 0 Å². The van der Waals surface area contributed by atoms with Crippen LogP contribution in [-0.2, 0) is 6.61 Å². The quantitative estimate of drug-likeness (QED) is 0.790. The van der Waals surface area contributed by atoms with Crippen LogP contribution in [0.3, 0.4) is 0 Å². The van der Waals surface area contributed by atoms with Gasteiger partial charge in [0.05, 0.1) is 16.2 Å². The van der Waals surface area contributed by atoms with Crippen molar-refractivity contribution in [1.29, 1.82) is 5.26 Å². The molecule has 0 N–H and O–H groups in total. The molecule has 112 valence electrons. The van der Waals surface area contributed by atoms with Crippen LogP contribution in [0.2, 0.25) is 0 Å². The molecule has 0 unspecified atom stereocenters. The van der Waals surface area contributed by atoms with Crippen molar-refractivity contribution in [2.75, 3.05) is 11.5 Å². The highest BCUT2D eigenvalue weighted by molar-refractivity contribution is 8.16. The lowest BCUT2D eigenvalue weighted by molar-refractivity contribution is 0.306. The smallest absolute Gasteiger partial charge is 0.119 e. The van der Waals surface area contributed by atoms with E-state index in [4.69, 9.17) is 10.00 Å². The number of rotatable bonds is 4. The number of hydrogen-bond donors (Lipinski definition) is 0. The fourth-order valence-corrected chi connectivity index (χ4v) is 5.19. The molecule has 2 aromatic carbocycles. The lowest BCUT2D eigenvalue weighted by Crippen LogP contribution is -2.00. The molecule has 0 spiro atoms. The normalized spacial score (nSPS) is 15.2. The Labute approximate surface area is 139 Å². The number of thioether (sulfide) groups is 2. The maximum atomic E-state index is 8.91. The summed E-state index contributed by atoms with van der Waals surface area (Å²) >= 11 is 4.06. The predicted octanol–water partition coefficient (Wildman–Crippen LogP) is 5.01. The van der Waals surface area contributed by atoms with Crippen LogP contribution in [0.5, 0.6) is 5.75 Å². The van der Waals surface area contributed by atoms with Crippen LogP contribution >= 0.6 is 23.5 Å². The molecule has 0 amide bonds. The lowest BCUT2D eigenvalue weighted by Gasteiger charge is -2.21. The molecule has 1 fully saturated rings. The lowest BCUT2D eigenvalue weighted by atomic mass is 10.1. The Bertz CT molecular complexity index is 658. The standard InChI is InChI=1S/C18H17NOS2/c19-12-14-3-1-4-15(11-14)13-20-17-7-5-16(6-8-17)18-21-9-2-10-22-18/h1,3-8,11,18H,2,9-10,13H2. The first-order valence-corrected chi connectivity index (χ1v) is 9.40. The number of nitriles is 1. The summed E-state index contributed by atoms with van der Waals surface area (Å²) in [4.78, 5) is 0. The first-order valence-electron chi connectivity index (χ1n) is 7.30. The first-order chi connectivity index (χ1) is 10.8. The van der Waals surface area contributed by atoms with Gasteiger partial charge in [-0.15, -0.1) is 23.5 Å². The van der Waals surface area contributed by atoms with Crippen LogP contribution in [0.25, 0.3) is 0 Å². The van der Waals surface area contributed by atoms with Gasteiger partial charge in [-0.05, 0) is 53.3 Å². The third kappa shape index (κ3) is 4.00. The topological polar surface area (TPSA) is 33.0 Å². The van der Waals surface area contributed by atoms with Crippen molar-refractivity contribution in [3.05, 3.63) is 65.2 Å². The summed E-state index contributed by atoms with van der Waals surface area (Å²) in [6.07, 6.45) is 1.31. The third-order valence-electron chi connectivity index (χ3n) is 3.44. The van der Waals surface area contributed by atoms with E-state index in [1.165, 1.54) is 23.5 Å². The summed E-state index contributed by atoms with van der Waals surface area (Å²) in [6.45, 7) is 0.488. The van der Waals surface area contributed by atoms with E-state index in [9.17, 15) is 0 Å². The summed E-state index contributed by atoms with van der Waals surface area (Å²) in [5.41, 5.74) is 3.05. The zero-order valence-electron chi connectivity index (χ0n) is 12.2. The minimum atomic E-state index is 0.488. The molecule has 2 nitrogen and oxygen atoms in total. The van der Waals surface area contributed by atoms with Gasteiger partial charge in [0.25, 0.3) is 0 Å². The summed E-state index contributed by atoms with van der Waals surface area (Å²) in [5, 5.41) is 8.91. The van der Waals surface area contributed by atoms with E-state index in [2.05, 4.69) is 18.2 Å². The highest BCUT2D eigenvalue weighted by Gasteiger charge is 2.16. The van der Waals surface area contributed by atoms with Crippen LogP contribution < -0.4 is 4.74 Å². The Morgan fingerprint density at radius 1 is 1.09 bits per heavy atom. The average Bonchev–Trinajstić information content (AvgIpc) is 2.61. The van der Waals surface area contributed by atoms with E-state index >= 15 is 0 Å². The second-order valence-electron chi connectivity index (χ2n) is 5.10. The molecule has 1 aliphatic heterocycles. The van der Waals surface area contributed by atoms with E-state index in [0.29, 0.717) is 16.8 Å². The van der Waals surface area contributed by atoms with Gasteiger partial charge >= 0.3 is 0 Å². The fraction of sp³-hybridized carbons (Fsp3) is 0.278. The monoisotopic (exact) mass is 327 g/mol. The summed E-state index contributed by atoms with van der Waals surface area (Å²) < 4.78 is 6.38. The van der Waals surface area contributed by atoms with E-state index in [0.717, 1.165) is 11.3 Å². The molecule has 0 atom stereocenters. The maximum Gasteiger partial charge on any atom is 0.119 e. The first kappa shape index (κ1) is 15.3. The SMILES string of the molecule is N#Cc1cccc(COc2ccc(C3SCCCS3)cc2)c1. The second kappa shape index (κ2) is 7.62. The third-order valence-corrected chi connectivity index (χ3v) is 6.46. The largest absolute Gasteiger partial charge is 0.489 e. The Morgan fingerprint density at radius 2 is 1.86 bits per heavy atom. The molecule has 0 saturated carbocycles. The van der Waals surface area contributed by atoms with Gasteiger partial charge in [-0.1, -0.05) is 24.3 Å². The van der Waals surface area contributed by atoms with Crippen molar-refractivity contribution >= 4 is 23.5 Å². The zero-order chi connectivity index (χ0) is 15.2. The molecule has 0 aliphatic carbocycles. The molecule has 1 saturated heterocycles. The second-order valence-corrected chi connectivity index (χ2v) is 7.82. The number of nitrogens with zero attached hydrogens (tertiary/aromatic N) is 1. The van der Waals surface area contributed by atoms with Crippen LogP contribution in [0.1, 0.15) is 27.7 Å². The summed E-state index contributed by atoms with van der Waals surface area (Å²) in [7, 11) is 0. The van der Waals surface area contributed by atoms with E-state index in [-0.39, 0.29) is 0 Å². The van der Waals surface area contributed by atoms with Gasteiger partial charge in [0.1, 0.15) is 12.4 Å².